The zero-order valence-electron chi connectivity index (χ0n) is 11.2. The highest BCUT2D eigenvalue weighted by Gasteiger charge is 2.28. The van der Waals surface area contributed by atoms with Crippen LogP contribution in [0.15, 0.2) is 0 Å². The van der Waals surface area contributed by atoms with E-state index in [1.807, 2.05) is 0 Å². The van der Waals surface area contributed by atoms with Crippen LogP contribution in [0.1, 0.15) is 46.5 Å². The molecule has 1 N–H and O–H groups in total. The Bertz CT molecular complexity index is 207. The lowest BCUT2D eigenvalue weighted by Gasteiger charge is -2.41. The summed E-state index contributed by atoms with van der Waals surface area (Å²) in [5.74, 6) is 1.87. The maximum absolute atomic E-state index is 3.55. The van der Waals surface area contributed by atoms with Crippen molar-refractivity contribution in [3.8, 4) is 0 Å². The third-order valence-corrected chi connectivity index (χ3v) is 4.63. The third kappa shape index (κ3) is 2.98. The van der Waals surface area contributed by atoms with E-state index in [0.29, 0.717) is 0 Å². The maximum Gasteiger partial charge on any atom is 0.0122 e. The van der Waals surface area contributed by atoms with Gasteiger partial charge < -0.3 is 10.2 Å². The van der Waals surface area contributed by atoms with E-state index in [9.17, 15) is 0 Å². The van der Waals surface area contributed by atoms with E-state index in [1.54, 1.807) is 0 Å². The highest BCUT2D eigenvalue weighted by molar-refractivity contribution is 4.85. The first-order chi connectivity index (χ1) is 7.66. The summed E-state index contributed by atoms with van der Waals surface area (Å²) >= 11 is 0. The van der Waals surface area contributed by atoms with Crippen LogP contribution in [-0.4, -0.2) is 36.6 Å². The molecule has 16 heavy (non-hydrogen) atoms. The molecule has 2 nitrogen and oxygen atoms in total. The number of nitrogens with zero attached hydrogens (tertiary/aromatic N) is 1. The molecule has 0 saturated carbocycles. The molecule has 2 fully saturated rings. The van der Waals surface area contributed by atoms with Gasteiger partial charge in [-0.05, 0) is 64.1 Å². The summed E-state index contributed by atoms with van der Waals surface area (Å²) in [7, 11) is 0. The summed E-state index contributed by atoms with van der Waals surface area (Å²) in [5, 5.41) is 3.55. The number of hydrogen-bond acceptors (Lipinski definition) is 2. The van der Waals surface area contributed by atoms with Gasteiger partial charge >= 0.3 is 0 Å². The van der Waals surface area contributed by atoms with Crippen LogP contribution in [-0.2, 0) is 0 Å². The molecule has 0 aromatic rings. The first kappa shape index (κ1) is 12.4. The van der Waals surface area contributed by atoms with Gasteiger partial charge in [0, 0.05) is 12.1 Å². The maximum atomic E-state index is 3.55. The van der Waals surface area contributed by atoms with Crippen LogP contribution < -0.4 is 5.32 Å². The van der Waals surface area contributed by atoms with Crippen LogP contribution in [0.3, 0.4) is 0 Å². The monoisotopic (exact) mass is 224 g/mol. The van der Waals surface area contributed by atoms with Crippen molar-refractivity contribution in [2.24, 2.45) is 11.8 Å². The van der Waals surface area contributed by atoms with Crippen LogP contribution in [0, 0.1) is 11.8 Å². The molecule has 2 unspecified atom stereocenters. The predicted molar refractivity (Wildman–Crippen MR) is 69.6 cm³/mol. The summed E-state index contributed by atoms with van der Waals surface area (Å²) in [6.07, 6.45) is 5.56. The first-order valence-electron chi connectivity index (χ1n) is 7.14. The number of nitrogens with one attached hydrogen (secondary N) is 1. The Morgan fingerprint density at radius 3 is 2.38 bits per heavy atom. The second-order valence-corrected chi connectivity index (χ2v) is 6.15. The lowest BCUT2D eigenvalue weighted by Crippen LogP contribution is -2.49. The Kier molecular flexibility index (Phi) is 4.26. The SMILES string of the molecule is CC1CC(N2CCC(C(C)C)CC2)CCN1. The minimum Gasteiger partial charge on any atom is -0.314 e. The van der Waals surface area contributed by atoms with Gasteiger partial charge in [-0.1, -0.05) is 13.8 Å². The van der Waals surface area contributed by atoms with Gasteiger partial charge in [-0.2, -0.15) is 0 Å². The second-order valence-electron chi connectivity index (χ2n) is 6.15. The molecule has 0 spiro atoms. The van der Waals surface area contributed by atoms with Gasteiger partial charge in [-0.25, -0.2) is 0 Å². The van der Waals surface area contributed by atoms with Crippen LogP contribution in [0.25, 0.3) is 0 Å². The minimum absolute atomic E-state index is 0.724. The molecule has 2 aliphatic rings. The molecule has 2 heteroatoms. The van der Waals surface area contributed by atoms with Gasteiger partial charge in [0.05, 0.1) is 0 Å². The van der Waals surface area contributed by atoms with Gasteiger partial charge in [0.15, 0.2) is 0 Å². The van der Waals surface area contributed by atoms with Crippen LogP contribution in [0.5, 0.6) is 0 Å². The number of rotatable bonds is 2. The number of hydrogen-bond donors (Lipinski definition) is 1. The van der Waals surface area contributed by atoms with E-state index in [0.717, 1.165) is 23.9 Å². The van der Waals surface area contributed by atoms with Crippen molar-refractivity contribution in [2.45, 2.75) is 58.5 Å². The molecule has 0 aromatic heterocycles. The van der Waals surface area contributed by atoms with Crippen molar-refractivity contribution in [1.82, 2.24) is 10.2 Å². The standard InChI is InChI=1S/C14H28N2/c1-11(2)13-5-8-16(9-6-13)14-4-7-15-12(3)10-14/h11-15H,4-10H2,1-3H3. The molecule has 2 saturated heterocycles. The molecule has 2 rings (SSSR count). The molecule has 2 aliphatic heterocycles. The van der Waals surface area contributed by atoms with Crippen molar-refractivity contribution in [3.05, 3.63) is 0 Å². The summed E-state index contributed by atoms with van der Waals surface area (Å²) in [6, 6.07) is 1.59. The smallest absolute Gasteiger partial charge is 0.0122 e. The van der Waals surface area contributed by atoms with Gasteiger partial charge in [0.25, 0.3) is 0 Å². The fourth-order valence-corrected chi connectivity index (χ4v) is 3.39. The van der Waals surface area contributed by atoms with Crippen molar-refractivity contribution in [3.63, 3.8) is 0 Å². The molecular weight excluding hydrogens is 196 g/mol. The normalized spacial score (nSPS) is 34.5. The molecule has 2 heterocycles. The Morgan fingerprint density at radius 1 is 1.12 bits per heavy atom. The van der Waals surface area contributed by atoms with Crippen molar-refractivity contribution in [2.75, 3.05) is 19.6 Å². The number of likely N-dealkylation sites (tertiary alicyclic amines) is 1. The zero-order chi connectivity index (χ0) is 11.5. The fourth-order valence-electron chi connectivity index (χ4n) is 3.39. The Hall–Kier alpha value is -0.0800. The molecule has 94 valence electrons. The van der Waals surface area contributed by atoms with Gasteiger partial charge in [0.1, 0.15) is 0 Å². The molecule has 0 bridgehead atoms. The highest BCUT2D eigenvalue weighted by atomic mass is 15.2. The van der Waals surface area contributed by atoms with Crippen LogP contribution >= 0.6 is 0 Å². The van der Waals surface area contributed by atoms with Crippen molar-refractivity contribution < 1.29 is 0 Å². The lowest BCUT2D eigenvalue weighted by molar-refractivity contribution is 0.0889. The molecule has 0 aromatic carbocycles. The largest absolute Gasteiger partial charge is 0.314 e. The molecule has 0 aliphatic carbocycles. The van der Waals surface area contributed by atoms with Gasteiger partial charge in [-0.3, -0.25) is 0 Å². The van der Waals surface area contributed by atoms with Crippen LogP contribution in [0.2, 0.25) is 0 Å². The minimum atomic E-state index is 0.724. The van der Waals surface area contributed by atoms with Crippen molar-refractivity contribution in [1.29, 1.82) is 0 Å². The summed E-state index contributed by atoms with van der Waals surface area (Å²) in [6.45, 7) is 11.0. The topological polar surface area (TPSA) is 15.3 Å². The number of piperidine rings is 2. The quantitative estimate of drug-likeness (QED) is 0.775. The van der Waals surface area contributed by atoms with Crippen LogP contribution in [0.4, 0.5) is 0 Å². The molecule has 2 atom stereocenters. The fraction of sp³-hybridized carbons (Fsp3) is 1.00. The lowest BCUT2D eigenvalue weighted by atomic mass is 9.85. The first-order valence-corrected chi connectivity index (χ1v) is 7.14. The van der Waals surface area contributed by atoms with E-state index < -0.39 is 0 Å². The van der Waals surface area contributed by atoms with Crippen molar-refractivity contribution >= 4 is 0 Å². The summed E-state index contributed by atoms with van der Waals surface area (Å²) in [5.41, 5.74) is 0. The Morgan fingerprint density at radius 2 is 1.81 bits per heavy atom. The van der Waals surface area contributed by atoms with Gasteiger partial charge in [-0.15, -0.1) is 0 Å². The highest BCUT2D eigenvalue weighted by Crippen LogP contribution is 2.27. The molecule has 0 radical (unpaired) electrons. The van der Waals surface area contributed by atoms with E-state index in [2.05, 4.69) is 31.0 Å². The van der Waals surface area contributed by atoms with E-state index >= 15 is 0 Å². The second kappa shape index (κ2) is 5.50. The molecule has 0 amide bonds. The average molecular weight is 224 g/mol. The zero-order valence-corrected chi connectivity index (χ0v) is 11.2. The summed E-state index contributed by atoms with van der Waals surface area (Å²) in [4.78, 5) is 2.76. The third-order valence-electron chi connectivity index (χ3n) is 4.63. The Balaban J connectivity index is 1.79. The van der Waals surface area contributed by atoms with Gasteiger partial charge in [0.2, 0.25) is 0 Å². The van der Waals surface area contributed by atoms with E-state index in [4.69, 9.17) is 0 Å². The Labute approximate surface area is 101 Å². The predicted octanol–water partition coefficient (Wildman–Crippen LogP) is 2.49. The summed E-state index contributed by atoms with van der Waals surface area (Å²) < 4.78 is 0. The van der Waals surface area contributed by atoms with E-state index in [1.165, 1.54) is 45.3 Å². The average Bonchev–Trinajstić information content (AvgIpc) is 2.29. The van der Waals surface area contributed by atoms with E-state index in [-0.39, 0.29) is 0 Å². The molecular formula is C14H28N2.